The van der Waals surface area contributed by atoms with Crippen molar-refractivity contribution < 1.29 is 13.2 Å². The van der Waals surface area contributed by atoms with E-state index in [1.54, 1.807) is 16.7 Å². The Balaban J connectivity index is 1.59. The second-order valence-corrected chi connectivity index (χ2v) is 10.8. The lowest BCUT2D eigenvalue weighted by atomic mass is 10.2. The van der Waals surface area contributed by atoms with Crippen LogP contribution in [-0.4, -0.2) is 49.1 Å². The Morgan fingerprint density at radius 1 is 1.26 bits per heavy atom. The normalized spacial score (nSPS) is 25.4. The molecule has 0 spiro atoms. The number of thioether (sulfide) groups is 1. The summed E-state index contributed by atoms with van der Waals surface area (Å²) < 4.78 is 25.0. The van der Waals surface area contributed by atoms with Gasteiger partial charge in [-0.1, -0.05) is 18.9 Å². The summed E-state index contributed by atoms with van der Waals surface area (Å²) in [6, 6.07) is 3.78. The van der Waals surface area contributed by atoms with Gasteiger partial charge in [-0.3, -0.25) is 4.79 Å². The molecule has 1 amide bonds. The molecule has 1 aromatic rings. The van der Waals surface area contributed by atoms with Crippen molar-refractivity contribution in [2.24, 2.45) is 0 Å². The van der Waals surface area contributed by atoms with E-state index in [2.05, 4.69) is 0 Å². The summed E-state index contributed by atoms with van der Waals surface area (Å²) in [5.74, 6) is 0.674. The Bertz CT molecular complexity index is 621. The molecule has 2 heterocycles. The minimum atomic E-state index is -3.17. The average molecular weight is 374 g/mol. The van der Waals surface area contributed by atoms with Gasteiger partial charge >= 0.3 is 0 Å². The quantitative estimate of drug-likeness (QED) is 0.814. The molecule has 1 aliphatic carbocycles. The van der Waals surface area contributed by atoms with Crippen molar-refractivity contribution >= 4 is 38.8 Å². The van der Waals surface area contributed by atoms with Crippen LogP contribution >= 0.6 is 23.1 Å². The topological polar surface area (TPSA) is 54.5 Å². The molecular weight excluding hydrogens is 350 g/mol. The number of thiophene rings is 1. The maximum absolute atomic E-state index is 12.5. The number of carbonyl (C=O) groups is 1. The van der Waals surface area contributed by atoms with Crippen molar-refractivity contribution in [3.05, 3.63) is 22.4 Å². The molecule has 0 radical (unpaired) electrons. The summed E-state index contributed by atoms with van der Waals surface area (Å²) in [6.45, 7) is 0.889. The van der Waals surface area contributed by atoms with Crippen LogP contribution in [0.3, 0.4) is 0 Å². The van der Waals surface area contributed by atoms with Crippen LogP contribution in [0.4, 0.5) is 0 Å². The summed E-state index contributed by atoms with van der Waals surface area (Å²) in [6.07, 6.45) is 5.49. The first kappa shape index (κ1) is 17.3. The third-order valence-electron chi connectivity index (χ3n) is 4.70. The molecule has 0 unspecified atom stereocenters. The zero-order valence-electron chi connectivity index (χ0n) is 13.1. The maximum Gasteiger partial charge on any atom is 0.232 e. The van der Waals surface area contributed by atoms with Gasteiger partial charge in [-0.05, 0) is 30.7 Å². The fraction of sp³-hybridized carbons (Fsp3) is 0.688. The summed E-state index contributed by atoms with van der Waals surface area (Å²) >= 11 is 3.24. The summed E-state index contributed by atoms with van der Waals surface area (Å²) in [5, 5.41) is 2.09. The highest BCUT2D eigenvalue weighted by molar-refractivity contribution is 8.00. The molecule has 1 saturated carbocycles. The average Bonchev–Trinajstić information content (AvgIpc) is 3.19. The molecule has 128 valence electrons. The molecule has 1 atom stereocenters. The molecule has 23 heavy (non-hydrogen) atoms. The van der Waals surface area contributed by atoms with Gasteiger partial charge in [0.2, 0.25) is 5.91 Å². The Morgan fingerprint density at radius 3 is 2.74 bits per heavy atom. The number of amides is 1. The molecule has 0 bridgehead atoms. The van der Waals surface area contributed by atoms with Crippen LogP contribution in [0.5, 0.6) is 0 Å². The standard InChI is InChI=1S/C16H23NO3S3/c18-16(12-22-13-4-1-2-5-13)17-8-7-15(14-6-3-10-21-14)23(19,20)11-9-17/h3,6,10,13,15H,1-2,4-5,7-9,11-12H2/t15-/m1/s1. The van der Waals surface area contributed by atoms with Gasteiger partial charge in [0.15, 0.2) is 9.84 Å². The van der Waals surface area contributed by atoms with E-state index in [1.807, 2.05) is 17.5 Å². The Morgan fingerprint density at radius 2 is 2.04 bits per heavy atom. The van der Waals surface area contributed by atoms with Crippen LogP contribution in [-0.2, 0) is 14.6 Å². The number of hydrogen-bond acceptors (Lipinski definition) is 5. The molecule has 2 aliphatic rings. The summed E-state index contributed by atoms with van der Waals surface area (Å²) in [4.78, 5) is 15.1. The minimum Gasteiger partial charge on any atom is -0.341 e. The van der Waals surface area contributed by atoms with Crippen LogP contribution in [0.2, 0.25) is 0 Å². The maximum atomic E-state index is 12.5. The minimum absolute atomic E-state index is 0.0788. The summed E-state index contributed by atoms with van der Waals surface area (Å²) in [7, 11) is -3.17. The molecule has 7 heteroatoms. The zero-order chi connectivity index (χ0) is 16.3. The second-order valence-electron chi connectivity index (χ2n) is 6.26. The lowest BCUT2D eigenvalue weighted by Crippen LogP contribution is -2.35. The largest absolute Gasteiger partial charge is 0.341 e. The van der Waals surface area contributed by atoms with Crippen molar-refractivity contribution in [3.63, 3.8) is 0 Å². The monoisotopic (exact) mass is 373 g/mol. The van der Waals surface area contributed by atoms with Crippen molar-refractivity contribution in [2.75, 3.05) is 24.6 Å². The first-order valence-electron chi connectivity index (χ1n) is 8.20. The molecule has 2 fully saturated rings. The van der Waals surface area contributed by atoms with E-state index in [9.17, 15) is 13.2 Å². The lowest BCUT2D eigenvalue weighted by Gasteiger charge is -2.20. The van der Waals surface area contributed by atoms with Crippen molar-refractivity contribution in [2.45, 2.75) is 42.6 Å². The highest BCUT2D eigenvalue weighted by atomic mass is 32.2. The van der Waals surface area contributed by atoms with Crippen LogP contribution in [0.15, 0.2) is 17.5 Å². The van der Waals surface area contributed by atoms with Crippen molar-refractivity contribution in [1.29, 1.82) is 0 Å². The SMILES string of the molecule is O=C(CSC1CCCC1)N1CC[C@H](c2cccs2)S(=O)(=O)CC1. The van der Waals surface area contributed by atoms with Crippen LogP contribution in [0, 0.1) is 0 Å². The predicted octanol–water partition coefficient (Wildman–Crippen LogP) is 3.11. The van der Waals surface area contributed by atoms with Crippen molar-refractivity contribution in [3.8, 4) is 0 Å². The molecule has 3 rings (SSSR count). The first-order valence-corrected chi connectivity index (χ1v) is 11.8. The second kappa shape index (κ2) is 7.57. The van der Waals surface area contributed by atoms with Crippen LogP contribution < -0.4 is 0 Å². The van der Waals surface area contributed by atoms with E-state index in [0.717, 1.165) is 4.88 Å². The van der Waals surface area contributed by atoms with E-state index in [4.69, 9.17) is 0 Å². The predicted molar refractivity (Wildman–Crippen MR) is 96.8 cm³/mol. The van der Waals surface area contributed by atoms with E-state index >= 15 is 0 Å². The number of rotatable bonds is 4. The van der Waals surface area contributed by atoms with Crippen LogP contribution in [0.1, 0.15) is 42.2 Å². The van der Waals surface area contributed by atoms with Gasteiger partial charge in [-0.25, -0.2) is 8.42 Å². The first-order chi connectivity index (χ1) is 11.1. The van der Waals surface area contributed by atoms with Gasteiger partial charge in [-0.2, -0.15) is 0 Å². The highest BCUT2D eigenvalue weighted by Crippen LogP contribution is 2.33. The molecule has 4 nitrogen and oxygen atoms in total. The highest BCUT2D eigenvalue weighted by Gasteiger charge is 2.33. The van der Waals surface area contributed by atoms with Crippen LogP contribution in [0.25, 0.3) is 0 Å². The van der Waals surface area contributed by atoms with E-state index in [0.29, 0.717) is 30.5 Å². The number of sulfone groups is 1. The Hall–Kier alpha value is -0.530. The fourth-order valence-corrected chi connectivity index (χ4v) is 7.55. The molecule has 0 aromatic carbocycles. The summed E-state index contributed by atoms with van der Waals surface area (Å²) in [5.41, 5.74) is 0. The molecule has 1 aliphatic heterocycles. The number of nitrogens with zero attached hydrogens (tertiary/aromatic N) is 1. The molecule has 1 aromatic heterocycles. The number of hydrogen-bond donors (Lipinski definition) is 0. The van der Waals surface area contributed by atoms with Gasteiger partial charge < -0.3 is 4.90 Å². The Labute approximate surface area is 146 Å². The van der Waals surface area contributed by atoms with Gasteiger partial charge in [0.25, 0.3) is 0 Å². The van der Waals surface area contributed by atoms with E-state index in [-0.39, 0.29) is 11.7 Å². The lowest BCUT2D eigenvalue weighted by molar-refractivity contribution is -0.128. The zero-order valence-corrected chi connectivity index (χ0v) is 15.6. The molecule has 1 saturated heterocycles. The van der Waals surface area contributed by atoms with Gasteiger partial charge in [0, 0.05) is 23.2 Å². The third kappa shape index (κ3) is 4.31. The van der Waals surface area contributed by atoms with Gasteiger partial charge in [-0.15, -0.1) is 23.1 Å². The van der Waals surface area contributed by atoms with Gasteiger partial charge in [0.05, 0.1) is 16.8 Å². The molecular formula is C16H23NO3S3. The van der Waals surface area contributed by atoms with E-state index in [1.165, 1.54) is 37.0 Å². The molecule has 0 N–H and O–H groups in total. The Kier molecular flexibility index (Phi) is 5.69. The van der Waals surface area contributed by atoms with E-state index < -0.39 is 15.1 Å². The van der Waals surface area contributed by atoms with Gasteiger partial charge in [0.1, 0.15) is 0 Å². The third-order valence-corrected chi connectivity index (χ3v) is 9.30. The number of carbonyl (C=O) groups excluding carboxylic acids is 1. The van der Waals surface area contributed by atoms with Crippen molar-refractivity contribution in [1.82, 2.24) is 4.90 Å². The fourth-order valence-electron chi connectivity index (χ4n) is 3.32. The smallest absolute Gasteiger partial charge is 0.232 e.